The predicted molar refractivity (Wildman–Crippen MR) is 68.1 cm³/mol. The zero-order valence-electron chi connectivity index (χ0n) is 10.3. The number of benzene rings is 1. The molecule has 0 radical (unpaired) electrons. The molecule has 0 atom stereocenters. The van der Waals surface area contributed by atoms with Crippen LogP contribution in [0.4, 0.5) is 14.5 Å². The molecule has 0 aliphatic carbocycles. The SMILES string of the molecule is COC(=O)Cc1cc([N+](=O)[O-])c(CBr)cc1OC(F)F. The summed E-state index contributed by atoms with van der Waals surface area (Å²) in [4.78, 5) is 21.4. The van der Waals surface area contributed by atoms with Crippen molar-refractivity contribution in [3.63, 3.8) is 0 Å². The van der Waals surface area contributed by atoms with Gasteiger partial charge in [0, 0.05) is 22.5 Å². The number of alkyl halides is 3. The van der Waals surface area contributed by atoms with Crippen LogP contribution in [0.3, 0.4) is 0 Å². The molecular formula is C11H10BrF2NO5. The van der Waals surface area contributed by atoms with Crippen molar-refractivity contribution < 1.29 is 28.0 Å². The van der Waals surface area contributed by atoms with Gasteiger partial charge in [-0.05, 0) is 6.07 Å². The molecule has 0 bridgehead atoms. The van der Waals surface area contributed by atoms with Gasteiger partial charge >= 0.3 is 12.6 Å². The highest BCUT2D eigenvalue weighted by Crippen LogP contribution is 2.31. The highest BCUT2D eigenvalue weighted by molar-refractivity contribution is 9.08. The molecule has 6 nitrogen and oxygen atoms in total. The Morgan fingerprint density at radius 3 is 2.55 bits per heavy atom. The number of nitro groups is 1. The minimum Gasteiger partial charge on any atom is -0.469 e. The topological polar surface area (TPSA) is 78.7 Å². The lowest BCUT2D eigenvalue weighted by Crippen LogP contribution is -2.10. The monoisotopic (exact) mass is 353 g/mol. The molecule has 0 N–H and O–H groups in total. The van der Waals surface area contributed by atoms with Crippen LogP contribution in [0.5, 0.6) is 5.75 Å². The second kappa shape index (κ2) is 7.13. The molecule has 0 unspecified atom stereocenters. The quantitative estimate of drug-likeness (QED) is 0.340. The third kappa shape index (κ3) is 4.12. The number of methoxy groups -OCH3 is 1. The molecule has 0 aromatic heterocycles. The van der Waals surface area contributed by atoms with Gasteiger partial charge in [0.25, 0.3) is 5.69 Å². The van der Waals surface area contributed by atoms with E-state index in [9.17, 15) is 23.7 Å². The van der Waals surface area contributed by atoms with E-state index in [2.05, 4.69) is 25.4 Å². The van der Waals surface area contributed by atoms with Crippen molar-refractivity contribution in [1.29, 1.82) is 0 Å². The summed E-state index contributed by atoms with van der Waals surface area (Å²) in [7, 11) is 1.12. The lowest BCUT2D eigenvalue weighted by molar-refractivity contribution is -0.385. The van der Waals surface area contributed by atoms with Gasteiger partial charge < -0.3 is 9.47 Å². The van der Waals surface area contributed by atoms with Gasteiger partial charge in [-0.2, -0.15) is 8.78 Å². The number of esters is 1. The summed E-state index contributed by atoms with van der Waals surface area (Å²) in [5, 5.41) is 11.0. The number of hydrogen-bond donors (Lipinski definition) is 0. The van der Waals surface area contributed by atoms with Crippen molar-refractivity contribution in [1.82, 2.24) is 0 Å². The molecule has 1 aromatic carbocycles. The highest BCUT2D eigenvalue weighted by atomic mass is 79.9. The van der Waals surface area contributed by atoms with Crippen molar-refractivity contribution in [3.8, 4) is 5.75 Å². The highest BCUT2D eigenvalue weighted by Gasteiger charge is 2.21. The van der Waals surface area contributed by atoms with E-state index in [0.29, 0.717) is 0 Å². The summed E-state index contributed by atoms with van der Waals surface area (Å²) in [6.07, 6.45) is -0.401. The summed E-state index contributed by atoms with van der Waals surface area (Å²) >= 11 is 3.03. The van der Waals surface area contributed by atoms with Crippen LogP contribution in [-0.2, 0) is 21.3 Å². The minimum absolute atomic E-state index is 0.0338. The number of rotatable bonds is 6. The van der Waals surface area contributed by atoms with E-state index < -0.39 is 23.9 Å². The van der Waals surface area contributed by atoms with Crippen LogP contribution in [-0.4, -0.2) is 24.6 Å². The van der Waals surface area contributed by atoms with Crippen LogP contribution >= 0.6 is 15.9 Å². The third-order valence-electron chi connectivity index (χ3n) is 2.38. The number of nitro benzene ring substituents is 1. The third-order valence-corrected chi connectivity index (χ3v) is 2.99. The number of carbonyl (C=O) groups excluding carboxylic acids is 1. The largest absolute Gasteiger partial charge is 0.469 e. The van der Waals surface area contributed by atoms with Gasteiger partial charge in [0.2, 0.25) is 0 Å². The molecule has 110 valence electrons. The zero-order valence-corrected chi connectivity index (χ0v) is 11.9. The number of ether oxygens (including phenoxy) is 2. The first-order valence-electron chi connectivity index (χ1n) is 5.26. The Bertz CT molecular complexity index is 524. The number of hydrogen-bond acceptors (Lipinski definition) is 5. The molecule has 1 rings (SSSR count). The lowest BCUT2D eigenvalue weighted by Gasteiger charge is -2.12. The number of nitrogens with zero attached hydrogens (tertiary/aromatic N) is 1. The maximum absolute atomic E-state index is 12.3. The molecule has 0 saturated heterocycles. The van der Waals surface area contributed by atoms with E-state index in [1.54, 1.807) is 0 Å². The maximum atomic E-state index is 12.3. The van der Waals surface area contributed by atoms with Gasteiger partial charge in [-0.3, -0.25) is 14.9 Å². The van der Waals surface area contributed by atoms with Gasteiger partial charge in [0.1, 0.15) is 5.75 Å². The average molecular weight is 354 g/mol. The average Bonchev–Trinajstić information content (AvgIpc) is 2.38. The second-order valence-electron chi connectivity index (χ2n) is 3.61. The molecule has 0 aliphatic heterocycles. The fourth-order valence-electron chi connectivity index (χ4n) is 1.50. The Morgan fingerprint density at radius 2 is 2.10 bits per heavy atom. The van der Waals surface area contributed by atoms with Crippen LogP contribution in [0.1, 0.15) is 11.1 Å². The van der Waals surface area contributed by atoms with E-state index in [1.807, 2.05) is 0 Å². The van der Waals surface area contributed by atoms with Crippen LogP contribution in [0, 0.1) is 10.1 Å². The normalized spacial score (nSPS) is 10.4. The molecule has 9 heteroatoms. The Labute approximate surface area is 120 Å². The minimum atomic E-state index is -3.10. The second-order valence-corrected chi connectivity index (χ2v) is 4.17. The van der Waals surface area contributed by atoms with Crippen LogP contribution in [0.15, 0.2) is 12.1 Å². The van der Waals surface area contributed by atoms with Gasteiger partial charge in [-0.15, -0.1) is 0 Å². The van der Waals surface area contributed by atoms with E-state index in [0.717, 1.165) is 19.2 Å². The van der Waals surface area contributed by atoms with E-state index in [4.69, 9.17) is 0 Å². The summed E-state index contributed by atoms with van der Waals surface area (Å²) in [6.45, 7) is -3.10. The molecule has 0 heterocycles. The number of carbonyl (C=O) groups is 1. The van der Waals surface area contributed by atoms with Crippen molar-refractivity contribution in [3.05, 3.63) is 33.4 Å². The van der Waals surface area contributed by atoms with E-state index >= 15 is 0 Å². The van der Waals surface area contributed by atoms with E-state index in [-0.39, 0.29) is 27.9 Å². The van der Waals surface area contributed by atoms with Gasteiger partial charge in [0.05, 0.1) is 18.5 Å². The first-order chi connectivity index (χ1) is 9.38. The standard InChI is InChI=1S/C11H10BrF2NO5/c1-19-10(16)4-6-2-8(15(17)18)7(5-12)3-9(6)20-11(13)14/h2-3,11H,4-5H2,1H3. The van der Waals surface area contributed by atoms with Crippen molar-refractivity contribution >= 4 is 27.6 Å². The fourth-order valence-corrected chi connectivity index (χ4v) is 1.95. The predicted octanol–water partition coefficient (Wildman–Crippen LogP) is 2.81. The molecule has 0 spiro atoms. The molecule has 1 aromatic rings. The fraction of sp³-hybridized carbons (Fsp3) is 0.364. The smallest absolute Gasteiger partial charge is 0.387 e. The van der Waals surface area contributed by atoms with Gasteiger partial charge in [-0.1, -0.05) is 15.9 Å². The molecule has 0 fully saturated rings. The van der Waals surface area contributed by atoms with Crippen LogP contribution < -0.4 is 4.74 Å². The van der Waals surface area contributed by atoms with Gasteiger partial charge in [-0.25, -0.2) is 0 Å². The summed E-state index contributed by atoms with van der Waals surface area (Å²) in [6, 6.07) is 2.14. The summed E-state index contributed by atoms with van der Waals surface area (Å²) in [5.74, 6) is -1.00. The zero-order chi connectivity index (χ0) is 15.3. The van der Waals surface area contributed by atoms with Crippen LogP contribution in [0.2, 0.25) is 0 Å². The first kappa shape index (κ1) is 16.3. The Balaban J connectivity index is 3.31. The Hall–Kier alpha value is -1.77. The van der Waals surface area contributed by atoms with Crippen molar-refractivity contribution in [2.24, 2.45) is 0 Å². The first-order valence-corrected chi connectivity index (χ1v) is 6.39. The Morgan fingerprint density at radius 1 is 1.45 bits per heavy atom. The van der Waals surface area contributed by atoms with Crippen LogP contribution in [0.25, 0.3) is 0 Å². The number of halogens is 3. The molecule has 20 heavy (non-hydrogen) atoms. The van der Waals surface area contributed by atoms with E-state index in [1.165, 1.54) is 0 Å². The van der Waals surface area contributed by atoms with Crippen molar-refractivity contribution in [2.75, 3.05) is 7.11 Å². The molecule has 0 aliphatic rings. The maximum Gasteiger partial charge on any atom is 0.387 e. The molecule has 0 saturated carbocycles. The summed E-state index contributed by atoms with van der Waals surface area (Å²) in [5.41, 5.74) is -0.157. The molecular weight excluding hydrogens is 344 g/mol. The van der Waals surface area contributed by atoms with Crippen molar-refractivity contribution in [2.45, 2.75) is 18.4 Å². The lowest BCUT2D eigenvalue weighted by atomic mass is 10.1. The summed E-state index contributed by atoms with van der Waals surface area (Å²) < 4.78 is 33.4. The molecule has 0 amide bonds. The van der Waals surface area contributed by atoms with Gasteiger partial charge in [0.15, 0.2) is 0 Å². The Kier molecular flexibility index (Phi) is 5.81.